The number of sulfonamides is 1. The number of morpholine rings is 1. The topological polar surface area (TPSA) is 206 Å². The predicted molar refractivity (Wildman–Crippen MR) is 206 cm³/mol. The van der Waals surface area contributed by atoms with E-state index in [0.717, 1.165) is 0 Å². The number of ether oxygens (including phenoxy) is 3. The second kappa shape index (κ2) is 15.6. The fourth-order valence-corrected chi connectivity index (χ4v) is 9.71. The van der Waals surface area contributed by atoms with E-state index in [1.165, 1.54) is 18.1 Å². The smallest absolute Gasteiger partial charge is 0.405 e. The molecule has 7 rings (SSSR count). The normalized spacial score (nSPS) is 30.8. The van der Waals surface area contributed by atoms with Crippen molar-refractivity contribution in [1.82, 2.24) is 25.2 Å². The number of nitrogens with zero attached hydrogens (tertiary/aromatic N) is 3. The molecule has 1 aromatic heterocycles. The van der Waals surface area contributed by atoms with E-state index in [9.17, 15) is 32.7 Å². The first-order chi connectivity index (χ1) is 27.1. The Hall–Kier alpha value is -4.71. The number of allylic oxidation sites excluding steroid dienone is 1. The second-order valence-electron chi connectivity index (χ2n) is 16.5. The molecule has 2 saturated heterocycles. The van der Waals surface area contributed by atoms with Gasteiger partial charge in [0.1, 0.15) is 23.7 Å². The number of hydrogen-bond donors (Lipinski definition) is 4. The molecular formula is C39H51FN6O10S. The number of methoxy groups -OCH3 is 1. The molecule has 4 heterocycles. The highest BCUT2D eigenvalue weighted by molar-refractivity contribution is 7.91. The standard InChI is InChI=1S/C39H51FN6O10S/c1-22-7-5-6-8-24-19-39(24,36(49)44-57(52,53)38(3)9-10-38)43-33(47)29-16-25(21-46(29)35(48)32(23(2)15-22)42-37(50)51)56-34-27-17-28(40)31(54-4)18-26(27)30(20-41-34)45-11-13-55-14-12-45/h6,8,17-18,20,22-25,29,32,42H,5,7,9-16,19,21H2,1-4H3,(H,43,47)(H,44,49)(H,50,51)/b8-6-/t22-,23-,24-,25-,29+,32+,39-/m1/s1. The van der Waals surface area contributed by atoms with Crippen LogP contribution in [0.1, 0.15) is 65.7 Å². The molecule has 0 radical (unpaired) electrons. The van der Waals surface area contributed by atoms with E-state index in [4.69, 9.17) is 14.2 Å². The molecule has 1 aromatic carbocycles. The van der Waals surface area contributed by atoms with Gasteiger partial charge in [-0.05, 0) is 69.4 Å². The fourth-order valence-electron chi connectivity index (χ4n) is 8.40. The summed E-state index contributed by atoms with van der Waals surface area (Å²) >= 11 is 0. The summed E-state index contributed by atoms with van der Waals surface area (Å²) in [6, 6.07) is 0.363. The van der Waals surface area contributed by atoms with E-state index in [-0.39, 0.29) is 36.9 Å². The van der Waals surface area contributed by atoms with Gasteiger partial charge in [-0.15, -0.1) is 0 Å². The number of anilines is 1. The molecule has 2 saturated carbocycles. The number of carbonyl (C=O) groups excluding carboxylic acids is 3. The van der Waals surface area contributed by atoms with Gasteiger partial charge in [0.25, 0.3) is 5.91 Å². The van der Waals surface area contributed by atoms with Crippen LogP contribution in [0.15, 0.2) is 30.5 Å². The Morgan fingerprint density at radius 1 is 1.12 bits per heavy atom. The number of hydrogen-bond acceptors (Lipinski definition) is 11. The van der Waals surface area contributed by atoms with E-state index in [1.54, 1.807) is 26.1 Å². The SMILES string of the molecule is COc1cc2c(N3CCOCC3)cnc(O[C@@H]3C[C@H]4C(=O)N[C@]5(C(=O)NS(=O)(=O)C6(C)CC6)C[C@H]5/C=C\CC[C@@H](C)C[C@@H](C)[C@H](NC(=O)O)C(=O)N4C3)c2cc1F. The van der Waals surface area contributed by atoms with E-state index in [0.29, 0.717) is 74.9 Å². The molecule has 16 nitrogen and oxygen atoms in total. The summed E-state index contributed by atoms with van der Waals surface area (Å²) in [7, 11) is -2.67. The van der Waals surface area contributed by atoms with E-state index < -0.39 is 80.0 Å². The molecule has 18 heteroatoms. The van der Waals surface area contributed by atoms with E-state index >= 15 is 4.39 Å². The van der Waals surface area contributed by atoms with Crippen LogP contribution in [0.5, 0.6) is 11.6 Å². The summed E-state index contributed by atoms with van der Waals surface area (Å²) in [6.45, 7) is 7.34. The van der Waals surface area contributed by atoms with Crippen molar-refractivity contribution in [3.63, 3.8) is 0 Å². The first-order valence-corrected chi connectivity index (χ1v) is 21.0. The second-order valence-corrected chi connectivity index (χ2v) is 18.7. The Bertz CT molecular complexity index is 2070. The summed E-state index contributed by atoms with van der Waals surface area (Å²) < 4.78 is 60.0. The Labute approximate surface area is 330 Å². The molecule has 57 heavy (non-hydrogen) atoms. The van der Waals surface area contributed by atoms with Crippen LogP contribution in [0.3, 0.4) is 0 Å². The largest absolute Gasteiger partial charge is 0.494 e. The third kappa shape index (κ3) is 8.07. The van der Waals surface area contributed by atoms with Crippen molar-refractivity contribution in [1.29, 1.82) is 0 Å². The lowest BCUT2D eigenvalue weighted by Gasteiger charge is -2.32. The van der Waals surface area contributed by atoms with Crippen molar-refractivity contribution in [2.24, 2.45) is 17.8 Å². The number of fused-ring (bicyclic) bond motifs is 3. The van der Waals surface area contributed by atoms with Crippen molar-refractivity contribution in [2.45, 2.75) is 94.2 Å². The molecule has 4 amide bonds. The van der Waals surface area contributed by atoms with E-state index in [1.807, 2.05) is 19.1 Å². The minimum Gasteiger partial charge on any atom is -0.494 e. The van der Waals surface area contributed by atoms with Gasteiger partial charge in [0.05, 0.1) is 43.5 Å². The molecule has 0 bridgehead atoms. The molecule has 0 unspecified atom stereocenters. The van der Waals surface area contributed by atoms with Crippen LogP contribution in [0, 0.1) is 23.6 Å². The van der Waals surface area contributed by atoms with Gasteiger partial charge in [0.15, 0.2) is 11.6 Å². The van der Waals surface area contributed by atoms with Gasteiger partial charge in [0, 0.05) is 36.2 Å². The first kappa shape index (κ1) is 40.5. The number of amides is 4. The summed E-state index contributed by atoms with van der Waals surface area (Å²) in [6.07, 6.45) is 5.75. The zero-order valence-corrected chi connectivity index (χ0v) is 33.4. The van der Waals surface area contributed by atoms with Crippen LogP contribution in [-0.2, 0) is 29.1 Å². The van der Waals surface area contributed by atoms with Crippen LogP contribution in [0.2, 0.25) is 0 Å². The Morgan fingerprint density at radius 3 is 2.54 bits per heavy atom. The molecule has 2 aliphatic carbocycles. The van der Waals surface area contributed by atoms with Gasteiger partial charge in [0.2, 0.25) is 27.7 Å². The molecule has 2 aromatic rings. The Kier molecular flexibility index (Phi) is 11.1. The van der Waals surface area contributed by atoms with Crippen LogP contribution < -0.4 is 29.7 Å². The van der Waals surface area contributed by atoms with Gasteiger partial charge in [-0.1, -0.05) is 26.0 Å². The number of halogens is 1. The fraction of sp³-hybridized carbons (Fsp3) is 0.615. The maximum Gasteiger partial charge on any atom is 0.405 e. The highest BCUT2D eigenvalue weighted by Gasteiger charge is 2.63. The Balaban J connectivity index is 1.23. The zero-order valence-electron chi connectivity index (χ0n) is 32.6. The molecule has 3 aliphatic heterocycles. The molecule has 4 fully saturated rings. The monoisotopic (exact) mass is 814 g/mol. The first-order valence-electron chi connectivity index (χ1n) is 19.6. The third-order valence-corrected chi connectivity index (χ3v) is 14.4. The summed E-state index contributed by atoms with van der Waals surface area (Å²) in [4.78, 5) is 62.8. The average Bonchev–Trinajstić information content (AvgIpc) is 4.05. The van der Waals surface area contributed by atoms with Crippen LogP contribution in [0.25, 0.3) is 10.8 Å². The van der Waals surface area contributed by atoms with Crippen molar-refractivity contribution in [3.05, 3.63) is 36.3 Å². The van der Waals surface area contributed by atoms with Crippen molar-refractivity contribution < 1.29 is 51.3 Å². The highest BCUT2D eigenvalue weighted by atomic mass is 32.2. The van der Waals surface area contributed by atoms with Gasteiger partial charge in [-0.25, -0.2) is 22.6 Å². The molecule has 7 atom stereocenters. The van der Waals surface area contributed by atoms with Crippen molar-refractivity contribution in [3.8, 4) is 11.6 Å². The lowest BCUT2D eigenvalue weighted by atomic mass is 9.88. The zero-order chi connectivity index (χ0) is 40.9. The molecular weight excluding hydrogens is 764 g/mol. The van der Waals surface area contributed by atoms with Crippen molar-refractivity contribution in [2.75, 3.05) is 44.9 Å². The van der Waals surface area contributed by atoms with Crippen LogP contribution >= 0.6 is 0 Å². The number of pyridine rings is 1. The lowest BCUT2D eigenvalue weighted by Crippen LogP contribution is -2.59. The third-order valence-electron chi connectivity index (χ3n) is 12.3. The minimum absolute atomic E-state index is 0.0221. The number of nitrogens with one attached hydrogen (secondary N) is 3. The Morgan fingerprint density at radius 2 is 1.86 bits per heavy atom. The average molecular weight is 815 g/mol. The number of carbonyl (C=O) groups is 4. The summed E-state index contributed by atoms with van der Waals surface area (Å²) in [5.74, 6) is -3.69. The highest BCUT2D eigenvalue weighted by Crippen LogP contribution is 2.48. The molecule has 310 valence electrons. The van der Waals surface area contributed by atoms with Gasteiger partial charge in [-0.2, -0.15) is 0 Å². The van der Waals surface area contributed by atoms with Gasteiger partial charge >= 0.3 is 6.09 Å². The van der Waals surface area contributed by atoms with Crippen molar-refractivity contribution >= 4 is 50.3 Å². The van der Waals surface area contributed by atoms with E-state index in [2.05, 4.69) is 25.2 Å². The maximum absolute atomic E-state index is 15.3. The molecule has 5 aliphatic rings. The summed E-state index contributed by atoms with van der Waals surface area (Å²) in [5, 5.41) is 16.0. The number of rotatable bonds is 8. The van der Waals surface area contributed by atoms with Gasteiger partial charge in [-0.3, -0.25) is 19.1 Å². The maximum atomic E-state index is 15.3. The van der Waals surface area contributed by atoms with Crippen LogP contribution in [0.4, 0.5) is 14.9 Å². The minimum atomic E-state index is -4.04. The quantitative estimate of drug-likeness (QED) is 0.284. The van der Waals surface area contributed by atoms with Crippen LogP contribution in [-0.4, -0.2) is 116 Å². The number of carboxylic acid groups (broad SMARTS) is 1. The molecule has 4 N–H and O–H groups in total. The summed E-state index contributed by atoms with van der Waals surface area (Å²) in [5.41, 5.74) is -0.881. The predicted octanol–water partition coefficient (Wildman–Crippen LogP) is 3.09. The molecule has 0 spiro atoms. The number of benzene rings is 1. The lowest BCUT2D eigenvalue weighted by molar-refractivity contribution is -0.142. The van der Waals surface area contributed by atoms with Gasteiger partial charge < -0.3 is 39.8 Å². The number of aromatic nitrogens is 1.